The second-order valence-electron chi connectivity index (χ2n) is 32.1. The lowest BCUT2D eigenvalue weighted by Crippen LogP contribution is -2.62. The van der Waals surface area contributed by atoms with Crippen molar-refractivity contribution in [1.29, 1.82) is 0 Å². The van der Waals surface area contributed by atoms with Crippen LogP contribution >= 0.6 is 15.9 Å². The molecule has 2 aromatic rings. The van der Waals surface area contributed by atoms with E-state index in [9.17, 15) is 0 Å². The van der Waals surface area contributed by atoms with E-state index in [1.165, 1.54) is 152 Å². The highest BCUT2D eigenvalue weighted by atomic mass is 79.9. The number of ether oxygens (including phenoxy) is 8. The minimum Gasteiger partial charge on any atom is -0.490 e. The van der Waals surface area contributed by atoms with Crippen molar-refractivity contribution in [2.24, 2.45) is 99.8 Å². The van der Waals surface area contributed by atoms with Crippen molar-refractivity contribution in [3.05, 3.63) is 61.2 Å². The average Bonchev–Trinajstić information content (AvgIpc) is 1.59. The Morgan fingerprint density at radius 2 is 0.770 bits per heavy atom. The van der Waals surface area contributed by atoms with Crippen LogP contribution in [0.3, 0.4) is 0 Å². The summed E-state index contributed by atoms with van der Waals surface area (Å²) in [6.45, 7) is 32.5. The molecule has 486 valence electrons. The van der Waals surface area contributed by atoms with Gasteiger partial charge in [-0.2, -0.15) is 10.2 Å². The van der Waals surface area contributed by atoms with Crippen molar-refractivity contribution in [3.8, 4) is 11.5 Å². The monoisotopic (exact) mass is 1270 g/mol. The van der Waals surface area contributed by atoms with E-state index in [4.69, 9.17) is 37.9 Å². The number of hydrogen-bond donors (Lipinski definition) is 0. The molecular weight excluding hydrogens is 1150 g/mol. The van der Waals surface area contributed by atoms with Crippen molar-refractivity contribution < 1.29 is 37.9 Å². The Morgan fingerprint density at radius 1 is 0.460 bits per heavy atom. The molecule has 0 radical (unpaired) electrons. The minimum atomic E-state index is 0.0344. The number of hydrogen-bond acceptors (Lipinski definition) is 10. The van der Waals surface area contributed by atoms with Gasteiger partial charge in [0.25, 0.3) is 0 Å². The fraction of sp³-hybridized carbons (Fsp3) is 0.838. The van der Waals surface area contributed by atoms with Crippen LogP contribution in [-0.2, 0) is 42.5 Å². The number of aromatic nitrogens is 4. The van der Waals surface area contributed by atoms with Gasteiger partial charge >= 0.3 is 0 Å². The third-order valence-corrected chi connectivity index (χ3v) is 27.4. The molecule has 0 spiro atoms. The second kappa shape index (κ2) is 26.5. The Hall–Kier alpha value is -2.52. The standard InChI is InChI=1S/2C26H40N2O3.C22H35BrO2/c2*1-18-9-10-22-25(2,21(18)12-14-29-20-15-27-28(4)16-20)13-11-23-26(22,3)17-30-24(31-23)19-7-5-6-8-19;1-15-8-9-18-21(2,17(15)11-13-23)12-10-19-22(18,3)14-24-20(25-19)16-6-4-5-7-16/h2*15-16,19,21-24H,1,5-14,17H2,2-4H3;16-20H,1,4-14H2,2-3H3/t2*21-,22?,23-,24-,25+,26+;17-,18?,19-,20-,21+,22+/m111/s1. The van der Waals surface area contributed by atoms with Crippen molar-refractivity contribution in [1.82, 2.24) is 19.6 Å². The highest BCUT2D eigenvalue weighted by Gasteiger charge is 2.64. The van der Waals surface area contributed by atoms with Gasteiger partial charge in [-0.3, -0.25) is 9.36 Å². The first-order valence-electron chi connectivity index (χ1n) is 35.4. The molecule has 3 aliphatic heterocycles. The zero-order valence-corrected chi connectivity index (χ0v) is 56.9. The third kappa shape index (κ3) is 12.5. The van der Waals surface area contributed by atoms with Crippen LogP contribution in [0.5, 0.6) is 11.5 Å². The van der Waals surface area contributed by atoms with E-state index in [0.29, 0.717) is 90.2 Å². The van der Waals surface area contributed by atoms with Gasteiger partial charge in [-0.05, 0) is 187 Å². The van der Waals surface area contributed by atoms with Crippen LogP contribution in [0.2, 0.25) is 0 Å². The smallest absolute Gasteiger partial charge is 0.160 e. The van der Waals surface area contributed by atoms with Crippen molar-refractivity contribution in [2.45, 2.75) is 252 Å². The number of fused-ring (bicyclic) bond motifs is 9. The molecule has 5 heterocycles. The fourth-order valence-corrected chi connectivity index (χ4v) is 22.7. The normalized spacial score (nSPS) is 43.1. The molecular formula is C74H115BrN4O8. The summed E-state index contributed by atoms with van der Waals surface area (Å²) in [4.78, 5) is 0. The van der Waals surface area contributed by atoms with Crippen LogP contribution in [0.25, 0.3) is 0 Å². The number of nitrogens with zero attached hydrogens (tertiary/aromatic N) is 4. The van der Waals surface area contributed by atoms with Crippen LogP contribution in [0, 0.1) is 85.8 Å². The van der Waals surface area contributed by atoms with E-state index in [1.807, 2.05) is 26.5 Å². The number of rotatable bonds is 13. The zero-order valence-electron chi connectivity index (χ0n) is 55.4. The van der Waals surface area contributed by atoms with Gasteiger partial charge in [-0.25, -0.2) is 0 Å². The molecule has 12 fully saturated rings. The first-order valence-corrected chi connectivity index (χ1v) is 36.5. The van der Waals surface area contributed by atoms with Gasteiger partial charge < -0.3 is 37.9 Å². The number of halogens is 1. The lowest BCUT2D eigenvalue weighted by Gasteiger charge is -2.63. The molecule has 87 heavy (non-hydrogen) atoms. The van der Waals surface area contributed by atoms with E-state index in [2.05, 4.69) is 87.4 Å². The summed E-state index contributed by atoms with van der Waals surface area (Å²) in [6, 6.07) is 0. The second-order valence-corrected chi connectivity index (χ2v) is 32.8. The first-order chi connectivity index (χ1) is 41.8. The van der Waals surface area contributed by atoms with E-state index >= 15 is 0 Å². The highest BCUT2D eigenvalue weighted by molar-refractivity contribution is 9.09. The summed E-state index contributed by atoms with van der Waals surface area (Å²) in [6.07, 6.45) is 42.0. The van der Waals surface area contributed by atoms with E-state index in [-0.39, 0.29) is 45.9 Å². The van der Waals surface area contributed by atoms with Crippen molar-refractivity contribution in [2.75, 3.05) is 38.4 Å². The quantitative estimate of drug-likeness (QED) is 0.142. The molecule has 13 heteroatoms. The molecule has 3 unspecified atom stereocenters. The van der Waals surface area contributed by atoms with E-state index < -0.39 is 0 Å². The summed E-state index contributed by atoms with van der Waals surface area (Å²) >= 11 is 3.69. The molecule has 0 N–H and O–H groups in total. The summed E-state index contributed by atoms with van der Waals surface area (Å²) in [5.41, 5.74) is 5.54. The maximum absolute atomic E-state index is 6.70. The van der Waals surface area contributed by atoms with Gasteiger partial charge in [0.05, 0.1) is 76.1 Å². The lowest BCUT2D eigenvalue weighted by atomic mass is 9.46. The molecule has 12 aliphatic rings. The van der Waals surface area contributed by atoms with Crippen molar-refractivity contribution >= 4 is 15.9 Å². The SMILES string of the molecule is C=C1CCC2[C@]3(C)CO[C@@H](C4CCCC4)O[C@@H]3CC[C@@]2(C)[C@@H]1CCBr.C=C1CCC2[C@]3(C)CO[C@@H](C4CCCC4)O[C@@H]3CC[C@@]2(C)[C@@H]1CCOc1cnn(C)c1.C=C1CCC2[C@]3(C)CO[C@@H](C4CCCC4)O[C@@H]3CC[C@@]2(C)[C@@H]1CCOc1cnn(C)c1. The van der Waals surface area contributed by atoms with Gasteiger partial charge in [0.1, 0.15) is 0 Å². The number of allylic oxidation sites excluding steroid dienone is 3. The van der Waals surface area contributed by atoms with Gasteiger partial charge in [0.2, 0.25) is 0 Å². The molecule has 12 nitrogen and oxygen atoms in total. The van der Waals surface area contributed by atoms with Gasteiger partial charge in [-0.15, -0.1) is 0 Å². The molecule has 9 saturated carbocycles. The predicted molar refractivity (Wildman–Crippen MR) is 347 cm³/mol. The molecule has 3 saturated heterocycles. The van der Waals surface area contributed by atoms with Crippen molar-refractivity contribution in [3.63, 3.8) is 0 Å². The van der Waals surface area contributed by atoms with Crippen LogP contribution in [0.15, 0.2) is 61.2 Å². The molecule has 14 rings (SSSR count). The summed E-state index contributed by atoms with van der Waals surface area (Å²) in [7, 11) is 3.85. The summed E-state index contributed by atoms with van der Waals surface area (Å²) in [5, 5.41) is 9.50. The summed E-state index contributed by atoms with van der Waals surface area (Å²) < 4.78 is 55.0. The number of alkyl halides is 1. The fourth-order valence-electron chi connectivity index (χ4n) is 22.2. The molecule has 0 aromatic carbocycles. The largest absolute Gasteiger partial charge is 0.490 e. The highest BCUT2D eigenvalue weighted by Crippen LogP contribution is 2.67. The lowest BCUT2D eigenvalue weighted by molar-refractivity contribution is -0.316. The summed E-state index contributed by atoms with van der Waals surface area (Å²) in [5.74, 6) is 7.12. The van der Waals surface area contributed by atoms with Gasteiger partial charge in [0, 0.05) is 53.4 Å². The van der Waals surface area contributed by atoms with E-state index in [0.717, 1.165) is 75.2 Å². The van der Waals surface area contributed by atoms with E-state index in [1.54, 1.807) is 21.8 Å². The maximum atomic E-state index is 6.70. The maximum Gasteiger partial charge on any atom is 0.160 e. The minimum absolute atomic E-state index is 0.0344. The van der Waals surface area contributed by atoms with Crippen LogP contribution in [-0.4, -0.2) is 95.1 Å². The Kier molecular flexibility index (Phi) is 19.6. The molecule has 0 bridgehead atoms. The van der Waals surface area contributed by atoms with Crippen LogP contribution in [0.1, 0.15) is 215 Å². The molecule has 2 aromatic heterocycles. The average molecular weight is 1270 g/mol. The molecule has 0 amide bonds. The third-order valence-electron chi connectivity index (χ3n) is 27.0. The Labute approximate surface area is 533 Å². The van der Waals surface area contributed by atoms with Crippen LogP contribution < -0.4 is 9.47 Å². The zero-order chi connectivity index (χ0) is 60.9. The Bertz CT molecular complexity index is 2540. The van der Waals surface area contributed by atoms with Crippen LogP contribution in [0.4, 0.5) is 0 Å². The molecule has 18 atom stereocenters. The number of aryl methyl sites for hydroxylation is 2. The topological polar surface area (TPSA) is 109 Å². The predicted octanol–water partition coefficient (Wildman–Crippen LogP) is 17.1. The molecule has 9 aliphatic carbocycles. The van der Waals surface area contributed by atoms with Gasteiger partial charge in [0.15, 0.2) is 30.4 Å². The Morgan fingerprint density at radius 3 is 1.06 bits per heavy atom. The Balaban J connectivity index is 0.000000128. The first kappa shape index (κ1) is 64.6. The van der Waals surface area contributed by atoms with Gasteiger partial charge in [-0.1, -0.05) is 132 Å².